The number of carbonyl (C=O) groups is 1. The summed E-state index contributed by atoms with van der Waals surface area (Å²) in [4.78, 5) is 20.6. The van der Waals surface area contributed by atoms with Crippen molar-refractivity contribution in [3.63, 3.8) is 0 Å². The number of piperazine rings is 1. The molecule has 4 rings (SSSR count). The van der Waals surface area contributed by atoms with Crippen molar-refractivity contribution < 1.29 is 13.2 Å². The predicted molar refractivity (Wildman–Crippen MR) is 116 cm³/mol. The van der Waals surface area contributed by atoms with Gasteiger partial charge in [-0.05, 0) is 38.0 Å². The van der Waals surface area contributed by atoms with E-state index >= 15 is 0 Å². The average molecular weight is 430 g/mol. The number of hydrogen-bond donors (Lipinski definition) is 1. The van der Waals surface area contributed by atoms with Crippen LogP contribution in [-0.2, 0) is 10.0 Å². The lowest BCUT2D eigenvalue weighted by molar-refractivity contribution is 0.0699. The molecule has 2 saturated heterocycles. The number of benzene rings is 1. The number of aromatic nitrogens is 1. The number of fused-ring (bicyclic) bond motifs is 1. The molecule has 0 bridgehead atoms. The fourth-order valence-corrected chi connectivity index (χ4v) is 5.19. The molecular formula is C21H27N5O3S. The van der Waals surface area contributed by atoms with Crippen molar-refractivity contribution in [2.75, 3.05) is 50.4 Å². The van der Waals surface area contributed by atoms with Gasteiger partial charge in [-0.25, -0.2) is 8.42 Å². The molecule has 1 amide bonds. The maximum absolute atomic E-state index is 13.4. The van der Waals surface area contributed by atoms with Crippen LogP contribution >= 0.6 is 0 Å². The molecule has 9 heteroatoms. The summed E-state index contributed by atoms with van der Waals surface area (Å²) in [5.74, 6) is -0.0742. The van der Waals surface area contributed by atoms with Gasteiger partial charge in [0.15, 0.2) is 0 Å². The Balaban J connectivity index is 1.63. The summed E-state index contributed by atoms with van der Waals surface area (Å²) in [6, 6.07) is 8.19. The van der Waals surface area contributed by atoms with E-state index in [1.165, 1.54) is 10.6 Å². The minimum absolute atomic E-state index is 0.0742. The summed E-state index contributed by atoms with van der Waals surface area (Å²) < 4.78 is 25.0. The highest BCUT2D eigenvalue weighted by atomic mass is 32.2. The SMILES string of the molecule is CC1(C#N)CCN(c2c(C(=O)N3CCN(S(C)(=O)=O)CC3)ccc3[nH]ccc23)CC1. The third kappa shape index (κ3) is 3.77. The Bertz CT molecular complexity index is 1100. The number of rotatable bonds is 3. The fraction of sp³-hybridized carbons (Fsp3) is 0.524. The Kier molecular flexibility index (Phi) is 5.24. The molecule has 0 radical (unpaired) electrons. The Labute approximate surface area is 177 Å². The minimum Gasteiger partial charge on any atom is -0.370 e. The van der Waals surface area contributed by atoms with Gasteiger partial charge in [0.2, 0.25) is 10.0 Å². The molecule has 1 aromatic carbocycles. The molecule has 2 fully saturated rings. The molecule has 3 heterocycles. The number of amides is 1. The highest BCUT2D eigenvalue weighted by molar-refractivity contribution is 7.88. The molecular weight excluding hydrogens is 402 g/mol. The van der Waals surface area contributed by atoms with E-state index in [0.717, 1.165) is 42.5 Å². The maximum atomic E-state index is 13.4. The van der Waals surface area contributed by atoms with E-state index in [9.17, 15) is 18.5 Å². The summed E-state index contributed by atoms with van der Waals surface area (Å²) in [6.45, 7) is 4.82. The van der Waals surface area contributed by atoms with Gasteiger partial charge < -0.3 is 14.8 Å². The molecule has 1 N–H and O–H groups in total. The molecule has 2 aliphatic heterocycles. The molecule has 0 saturated carbocycles. The standard InChI is InChI=1S/C21H27N5O3S/c1-21(15-22)6-9-24(10-7-21)19-16-5-8-23-18(16)4-3-17(19)20(27)25-11-13-26(14-12-25)30(2,28)29/h3-5,8,23H,6-7,9-14H2,1-2H3. The van der Waals surface area contributed by atoms with E-state index in [0.29, 0.717) is 31.7 Å². The second-order valence-electron chi connectivity index (χ2n) is 8.51. The summed E-state index contributed by atoms with van der Waals surface area (Å²) in [5, 5.41) is 10.5. The lowest BCUT2D eigenvalue weighted by atomic mass is 9.81. The molecule has 2 aliphatic rings. The van der Waals surface area contributed by atoms with E-state index in [1.54, 1.807) is 4.90 Å². The largest absolute Gasteiger partial charge is 0.370 e. The first-order chi connectivity index (χ1) is 14.2. The lowest BCUT2D eigenvalue weighted by Gasteiger charge is -2.38. The Morgan fingerprint density at radius 3 is 2.37 bits per heavy atom. The van der Waals surface area contributed by atoms with Crippen molar-refractivity contribution in [3.05, 3.63) is 30.0 Å². The Morgan fingerprint density at radius 2 is 1.77 bits per heavy atom. The molecule has 30 heavy (non-hydrogen) atoms. The van der Waals surface area contributed by atoms with Crippen LogP contribution in [0.1, 0.15) is 30.1 Å². The number of nitrogens with zero attached hydrogens (tertiary/aromatic N) is 4. The number of aromatic amines is 1. The lowest BCUT2D eigenvalue weighted by Crippen LogP contribution is -2.50. The fourth-order valence-electron chi connectivity index (χ4n) is 4.36. The number of hydrogen-bond acceptors (Lipinski definition) is 5. The number of sulfonamides is 1. The zero-order chi connectivity index (χ0) is 21.5. The number of H-pyrrole nitrogens is 1. The molecule has 0 aliphatic carbocycles. The van der Waals surface area contributed by atoms with Crippen LogP contribution in [0.3, 0.4) is 0 Å². The van der Waals surface area contributed by atoms with Gasteiger partial charge in [-0.3, -0.25) is 4.79 Å². The first kappa shape index (κ1) is 20.7. The molecule has 2 aromatic rings. The molecule has 0 spiro atoms. The van der Waals surface area contributed by atoms with E-state index in [2.05, 4.69) is 16.0 Å². The number of carbonyl (C=O) groups excluding carboxylic acids is 1. The molecule has 0 atom stereocenters. The number of nitrogens with one attached hydrogen (secondary N) is 1. The summed E-state index contributed by atoms with van der Waals surface area (Å²) >= 11 is 0. The van der Waals surface area contributed by atoms with E-state index in [-0.39, 0.29) is 11.3 Å². The molecule has 0 unspecified atom stereocenters. The second kappa shape index (κ2) is 7.60. The van der Waals surface area contributed by atoms with Gasteiger partial charge in [0.05, 0.1) is 29.0 Å². The molecule has 160 valence electrons. The van der Waals surface area contributed by atoms with E-state index < -0.39 is 10.0 Å². The average Bonchev–Trinajstić information content (AvgIpc) is 3.22. The third-order valence-electron chi connectivity index (χ3n) is 6.38. The van der Waals surface area contributed by atoms with Crippen molar-refractivity contribution in [3.8, 4) is 6.07 Å². The van der Waals surface area contributed by atoms with Crippen LogP contribution in [0.15, 0.2) is 24.4 Å². The number of anilines is 1. The van der Waals surface area contributed by atoms with Gasteiger partial charge in [-0.2, -0.15) is 9.57 Å². The number of nitriles is 1. The smallest absolute Gasteiger partial charge is 0.256 e. The normalized spacial score (nSPS) is 20.3. The zero-order valence-corrected chi connectivity index (χ0v) is 18.2. The quantitative estimate of drug-likeness (QED) is 0.804. The van der Waals surface area contributed by atoms with Crippen LogP contribution in [0.25, 0.3) is 10.9 Å². The molecule has 8 nitrogen and oxygen atoms in total. The number of piperidine rings is 1. The second-order valence-corrected chi connectivity index (χ2v) is 10.5. The van der Waals surface area contributed by atoms with Crippen LogP contribution < -0.4 is 4.90 Å². The van der Waals surface area contributed by atoms with Gasteiger partial charge >= 0.3 is 0 Å². The van der Waals surface area contributed by atoms with Crippen LogP contribution in [0.2, 0.25) is 0 Å². The van der Waals surface area contributed by atoms with Gasteiger partial charge in [0.25, 0.3) is 5.91 Å². The minimum atomic E-state index is -3.24. The van der Waals surface area contributed by atoms with Gasteiger partial charge in [-0.15, -0.1) is 0 Å². The summed E-state index contributed by atoms with van der Waals surface area (Å²) in [7, 11) is -3.24. The van der Waals surface area contributed by atoms with Crippen molar-refractivity contribution in [1.82, 2.24) is 14.2 Å². The Morgan fingerprint density at radius 1 is 1.10 bits per heavy atom. The molecule has 1 aromatic heterocycles. The van der Waals surface area contributed by atoms with E-state index in [4.69, 9.17) is 0 Å². The van der Waals surface area contributed by atoms with Crippen molar-refractivity contribution >= 4 is 32.5 Å². The van der Waals surface area contributed by atoms with Crippen LogP contribution in [-0.4, -0.2) is 74.0 Å². The van der Waals surface area contributed by atoms with Gasteiger partial charge in [-0.1, -0.05) is 0 Å². The Hall–Kier alpha value is -2.57. The van der Waals surface area contributed by atoms with Crippen LogP contribution in [0, 0.1) is 16.7 Å². The highest BCUT2D eigenvalue weighted by Gasteiger charge is 2.33. The van der Waals surface area contributed by atoms with Gasteiger partial charge in [0, 0.05) is 56.4 Å². The highest BCUT2D eigenvalue weighted by Crippen LogP contribution is 2.37. The first-order valence-corrected chi connectivity index (χ1v) is 12.1. The first-order valence-electron chi connectivity index (χ1n) is 10.2. The predicted octanol–water partition coefficient (Wildman–Crippen LogP) is 2.02. The maximum Gasteiger partial charge on any atom is 0.256 e. The van der Waals surface area contributed by atoms with Crippen molar-refractivity contribution in [2.24, 2.45) is 5.41 Å². The third-order valence-corrected chi connectivity index (χ3v) is 7.69. The van der Waals surface area contributed by atoms with Crippen LogP contribution in [0.5, 0.6) is 0 Å². The topological polar surface area (TPSA) is 101 Å². The monoisotopic (exact) mass is 429 g/mol. The van der Waals surface area contributed by atoms with Crippen molar-refractivity contribution in [2.45, 2.75) is 19.8 Å². The van der Waals surface area contributed by atoms with E-state index in [1.807, 2.05) is 31.3 Å². The summed E-state index contributed by atoms with van der Waals surface area (Å²) in [6.07, 6.45) is 4.58. The van der Waals surface area contributed by atoms with Gasteiger partial charge in [0.1, 0.15) is 0 Å². The van der Waals surface area contributed by atoms with Crippen LogP contribution in [0.4, 0.5) is 5.69 Å². The summed E-state index contributed by atoms with van der Waals surface area (Å²) in [5.41, 5.74) is 2.19. The zero-order valence-electron chi connectivity index (χ0n) is 17.4. The van der Waals surface area contributed by atoms with Crippen molar-refractivity contribution in [1.29, 1.82) is 5.26 Å².